The van der Waals surface area contributed by atoms with Crippen molar-refractivity contribution >= 4 is 0 Å². The molecule has 1 atom stereocenters. The second-order valence-corrected chi connectivity index (χ2v) is 3.47. The van der Waals surface area contributed by atoms with Gasteiger partial charge in [-0.3, -0.25) is 4.90 Å². The van der Waals surface area contributed by atoms with E-state index < -0.39 is 0 Å². The van der Waals surface area contributed by atoms with Gasteiger partial charge in [-0.2, -0.15) is 0 Å². The molecule has 0 aliphatic rings. The third-order valence-electron chi connectivity index (χ3n) is 2.37. The minimum atomic E-state index is 0.177. The maximum absolute atomic E-state index is 8.81. The van der Waals surface area contributed by atoms with Gasteiger partial charge in [0.25, 0.3) is 0 Å². The Kier molecular flexibility index (Phi) is 8.40. The van der Waals surface area contributed by atoms with Crippen molar-refractivity contribution in [1.82, 2.24) is 4.90 Å². The second-order valence-electron chi connectivity index (χ2n) is 3.47. The van der Waals surface area contributed by atoms with Crippen molar-refractivity contribution in [2.24, 2.45) is 0 Å². The summed E-state index contributed by atoms with van der Waals surface area (Å²) in [6.07, 6.45) is 3.57. The van der Waals surface area contributed by atoms with Gasteiger partial charge in [-0.1, -0.05) is 19.8 Å². The molecule has 0 fully saturated rings. The molecule has 2 N–H and O–H groups in total. The van der Waals surface area contributed by atoms with Crippen LogP contribution < -0.4 is 0 Å². The summed E-state index contributed by atoms with van der Waals surface area (Å²) in [6.45, 7) is 6.03. The van der Waals surface area contributed by atoms with Crippen LogP contribution in [0.3, 0.4) is 0 Å². The lowest BCUT2D eigenvalue weighted by atomic mass is 10.1. The molecule has 0 radical (unpaired) electrons. The summed E-state index contributed by atoms with van der Waals surface area (Å²) in [6, 6.07) is 0.472. The molecule has 0 aliphatic heterocycles. The minimum Gasteiger partial charge on any atom is -0.395 e. The van der Waals surface area contributed by atoms with Gasteiger partial charge in [0, 0.05) is 19.1 Å². The molecule has 0 aliphatic carbocycles. The van der Waals surface area contributed by atoms with Gasteiger partial charge < -0.3 is 10.2 Å². The molecule has 1 unspecified atom stereocenters. The first-order chi connectivity index (χ1) is 6.26. The first-order valence-electron chi connectivity index (χ1n) is 5.22. The first-order valence-corrected chi connectivity index (χ1v) is 5.22. The zero-order valence-electron chi connectivity index (χ0n) is 8.87. The number of unbranched alkanes of at least 4 members (excludes halogenated alkanes) is 1. The van der Waals surface area contributed by atoms with E-state index >= 15 is 0 Å². The number of rotatable bonds is 8. The van der Waals surface area contributed by atoms with E-state index in [-0.39, 0.29) is 13.2 Å². The maximum atomic E-state index is 8.81. The fourth-order valence-electron chi connectivity index (χ4n) is 1.49. The van der Waals surface area contributed by atoms with Crippen molar-refractivity contribution in [2.75, 3.05) is 26.3 Å². The lowest BCUT2D eigenvalue weighted by molar-refractivity contribution is 0.123. The van der Waals surface area contributed by atoms with E-state index in [1.807, 2.05) is 0 Å². The van der Waals surface area contributed by atoms with Crippen molar-refractivity contribution in [1.29, 1.82) is 0 Å². The Balaban J connectivity index is 3.72. The second kappa shape index (κ2) is 8.48. The van der Waals surface area contributed by atoms with Gasteiger partial charge in [-0.15, -0.1) is 0 Å². The zero-order chi connectivity index (χ0) is 10.1. The van der Waals surface area contributed by atoms with Gasteiger partial charge in [0.05, 0.1) is 13.2 Å². The van der Waals surface area contributed by atoms with Crippen LogP contribution in [0.15, 0.2) is 0 Å². The van der Waals surface area contributed by atoms with Gasteiger partial charge in [-0.05, 0) is 13.3 Å². The van der Waals surface area contributed by atoms with Crippen LogP contribution in [0.25, 0.3) is 0 Å². The highest BCUT2D eigenvalue weighted by Gasteiger charge is 2.11. The zero-order valence-corrected chi connectivity index (χ0v) is 8.87. The molecule has 0 aromatic rings. The van der Waals surface area contributed by atoms with Crippen LogP contribution in [0.1, 0.15) is 33.1 Å². The first kappa shape index (κ1) is 12.9. The van der Waals surface area contributed by atoms with Gasteiger partial charge >= 0.3 is 0 Å². The minimum absolute atomic E-state index is 0.177. The Morgan fingerprint density at radius 1 is 1.15 bits per heavy atom. The molecule has 3 nitrogen and oxygen atoms in total. The third-order valence-corrected chi connectivity index (χ3v) is 2.37. The molecule has 80 valence electrons. The standard InChI is InChI=1S/C10H23NO2/c1-3-4-5-10(2)11(6-8-12)7-9-13/h10,12-13H,3-9H2,1-2H3. The van der Waals surface area contributed by atoms with Gasteiger partial charge in [-0.25, -0.2) is 0 Å². The lowest BCUT2D eigenvalue weighted by Gasteiger charge is -2.27. The van der Waals surface area contributed by atoms with Crippen molar-refractivity contribution < 1.29 is 10.2 Å². The highest BCUT2D eigenvalue weighted by atomic mass is 16.3. The molecule has 13 heavy (non-hydrogen) atoms. The van der Waals surface area contributed by atoms with Crippen LogP contribution >= 0.6 is 0 Å². The summed E-state index contributed by atoms with van der Waals surface area (Å²) in [4.78, 5) is 2.13. The molecule has 0 bridgehead atoms. The molecule has 0 spiro atoms. The monoisotopic (exact) mass is 189 g/mol. The van der Waals surface area contributed by atoms with E-state index in [1.54, 1.807) is 0 Å². The van der Waals surface area contributed by atoms with Crippen LogP contribution in [0.2, 0.25) is 0 Å². The largest absolute Gasteiger partial charge is 0.395 e. The van der Waals surface area contributed by atoms with Crippen molar-refractivity contribution in [3.8, 4) is 0 Å². The smallest absolute Gasteiger partial charge is 0.0558 e. The van der Waals surface area contributed by atoms with Gasteiger partial charge in [0.1, 0.15) is 0 Å². The Hall–Kier alpha value is -0.120. The molecule has 0 heterocycles. The van der Waals surface area contributed by atoms with Crippen LogP contribution in [-0.4, -0.2) is 47.5 Å². The number of hydrogen-bond donors (Lipinski definition) is 2. The Morgan fingerprint density at radius 2 is 1.69 bits per heavy atom. The predicted molar refractivity (Wildman–Crippen MR) is 54.7 cm³/mol. The highest BCUT2D eigenvalue weighted by Crippen LogP contribution is 2.07. The van der Waals surface area contributed by atoms with Gasteiger partial charge in [0.2, 0.25) is 0 Å². The number of aliphatic hydroxyl groups is 2. The molecule has 0 saturated carbocycles. The summed E-state index contributed by atoms with van der Waals surface area (Å²) in [5, 5.41) is 17.6. The summed E-state index contributed by atoms with van der Waals surface area (Å²) < 4.78 is 0. The lowest BCUT2D eigenvalue weighted by Crippen LogP contribution is -2.37. The average molecular weight is 189 g/mol. The van der Waals surface area contributed by atoms with E-state index in [9.17, 15) is 0 Å². The van der Waals surface area contributed by atoms with E-state index in [2.05, 4.69) is 18.7 Å². The van der Waals surface area contributed by atoms with Crippen LogP contribution in [-0.2, 0) is 0 Å². The normalized spacial score (nSPS) is 13.6. The molecule has 0 aromatic heterocycles. The van der Waals surface area contributed by atoms with Crippen LogP contribution in [0.5, 0.6) is 0 Å². The Labute approximate surface area is 81.4 Å². The number of aliphatic hydroxyl groups excluding tert-OH is 2. The molecular weight excluding hydrogens is 166 g/mol. The molecule has 0 amide bonds. The third kappa shape index (κ3) is 6.02. The Bertz CT molecular complexity index is 103. The summed E-state index contributed by atoms with van der Waals surface area (Å²) in [5.74, 6) is 0. The predicted octanol–water partition coefficient (Wildman–Crippen LogP) is 0.852. The van der Waals surface area contributed by atoms with Gasteiger partial charge in [0.15, 0.2) is 0 Å². The Morgan fingerprint density at radius 3 is 2.08 bits per heavy atom. The highest BCUT2D eigenvalue weighted by molar-refractivity contribution is 4.66. The van der Waals surface area contributed by atoms with Crippen LogP contribution in [0.4, 0.5) is 0 Å². The fraction of sp³-hybridized carbons (Fsp3) is 1.00. The summed E-state index contributed by atoms with van der Waals surface area (Å²) in [5.41, 5.74) is 0. The van der Waals surface area contributed by atoms with Crippen molar-refractivity contribution in [3.63, 3.8) is 0 Å². The van der Waals surface area contributed by atoms with E-state index in [0.717, 1.165) is 6.42 Å². The van der Waals surface area contributed by atoms with E-state index in [1.165, 1.54) is 12.8 Å². The van der Waals surface area contributed by atoms with Crippen LogP contribution in [0, 0.1) is 0 Å². The molecule has 0 aromatic carbocycles. The average Bonchev–Trinajstić information content (AvgIpc) is 2.14. The SMILES string of the molecule is CCCCC(C)N(CCO)CCO. The molecule has 3 heteroatoms. The number of nitrogens with zero attached hydrogens (tertiary/aromatic N) is 1. The summed E-state index contributed by atoms with van der Waals surface area (Å²) in [7, 11) is 0. The topological polar surface area (TPSA) is 43.7 Å². The fourth-order valence-corrected chi connectivity index (χ4v) is 1.49. The molecular formula is C10H23NO2. The molecule has 0 rings (SSSR count). The van der Waals surface area contributed by atoms with Crippen molar-refractivity contribution in [3.05, 3.63) is 0 Å². The van der Waals surface area contributed by atoms with Crippen molar-refractivity contribution in [2.45, 2.75) is 39.2 Å². The number of hydrogen-bond acceptors (Lipinski definition) is 3. The molecule has 0 saturated heterocycles. The van der Waals surface area contributed by atoms with E-state index in [0.29, 0.717) is 19.1 Å². The van der Waals surface area contributed by atoms with E-state index in [4.69, 9.17) is 10.2 Å². The summed E-state index contributed by atoms with van der Waals surface area (Å²) >= 11 is 0. The maximum Gasteiger partial charge on any atom is 0.0558 e. The quantitative estimate of drug-likeness (QED) is 0.595.